The van der Waals surface area contributed by atoms with Gasteiger partial charge in [-0.1, -0.05) is 36.8 Å². The molecular weight excluding hydrogens is 238 g/mol. The van der Waals surface area contributed by atoms with Crippen LogP contribution in [0.5, 0.6) is 0 Å². The van der Waals surface area contributed by atoms with Crippen LogP contribution in [0.1, 0.15) is 30.5 Å². The minimum absolute atomic E-state index is 0.0661. The first kappa shape index (κ1) is 14.0. The summed E-state index contributed by atoms with van der Waals surface area (Å²) in [6.07, 6.45) is 0.814. The maximum atomic E-state index is 11.9. The Bertz CT molecular complexity index is 430. The van der Waals surface area contributed by atoms with E-state index in [9.17, 15) is 4.79 Å². The molecule has 2 rings (SSSR count). The van der Waals surface area contributed by atoms with Gasteiger partial charge in [-0.2, -0.15) is 0 Å². The molecule has 1 aliphatic rings. The Labute approximate surface area is 115 Å². The second-order valence-corrected chi connectivity index (χ2v) is 5.12. The van der Waals surface area contributed by atoms with E-state index in [2.05, 4.69) is 41.4 Å². The maximum absolute atomic E-state index is 11.9. The van der Waals surface area contributed by atoms with E-state index >= 15 is 0 Å². The summed E-state index contributed by atoms with van der Waals surface area (Å²) in [5.41, 5.74) is 8.40. The standard InChI is InChI=1S/C15H23N3O/c1-3-13-15(19)17-8-9-18(13)14(10-16)12-6-4-11(2)5-7-12/h4-7,13-14H,3,8-10,16H2,1-2H3,(H,17,19). The van der Waals surface area contributed by atoms with E-state index in [0.717, 1.165) is 13.0 Å². The maximum Gasteiger partial charge on any atom is 0.237 e. The molecule has 19 heavy (non-hydrogen) atoms. The molecule has 1 aromatic carbocycles. The number of aryl methyl sites for hydroxylation is 1. The van der Waals surface area contributed by atoms with Gasteiger partial charge in [0.25, 0.3) is 0 Å². The zero-order valence-electron chi connectivity index (χ0n) is 11.7. The highest BCUT2D eigenvalue weighted by atomic mass is 16.2. The van der Waals surface area contributed by atoms with Gasteiger partial charge in [0.05, 0.1) is 6.04 Å². The van der Waals surface area contributed by atoms with Crippen LogP contribution in [0.4, 0.5) is 0 Å². The van der Waals surface area contributed by atoms with Crippen molar-refractivity contribution in [3.05, 3.63) is 35.4 Å². The van der Waals surface area contributed by atoms with E-state index in [-0.39, 0.29) is 18.0 Å². The Morgan fingerprint density at radius 2 is 2.11 bits per heavy atom. The molecule has 4 heteroatoms. The molecule has 1 amide bonds. The molecule has 2 atom stereocenters. The molecule has 1 aromatic rings. The summed E-state index contributed by atoms with van der Waals surface area (Å²) in [7, 11) is 0. The first-order valence-corrected chi connectivity index (χ1v) is 6.97. The number of amides is 1. The monoisotopic (exact) mass is 261 g/mol. The van der Waals surface area contributed by atoms with Crippen LogP contribution in [-0.2, 0) is 4.79 Å². The van der Waals surface area contributed by atoms with Crippen molar-refractivity contribution in [2.75, 3.05) is 19.6 Å². The molecule has 2 unspecified atom stereocenters. The summed E-state index contributed by atoms with van der Waals surface area (Å²) in [4.78, 5) is 14.2. The number of nitrogens with one attached hydrogen (secondary N) is 1. The van der Waals surface area contributed by atoms with Crippen molar-refractivity contribution in [1.29, 1.82) is 0 Å². The minimum Gasteiger partial charge on any atom is -0.353 e. The van der Waals surface area contributed by atoms with E-state index in [0.29, 0.717) is 13.1 Å². The van der Waals surface area contributed by atoms with Gasteiger partial charge < -0.3 is 11.1 Å². The lowest BCUT2D eigenvalue weighted by molar-refractivity contribution is -0.130. The van der Waals surface area contributed by atoms with Gasteiger partial charge in [0.1, 0.15) is 0 Å². The predicted molar refractivity (Wildman–Crippen MR) is 76.8 cm³/mol. The van der Waals surface area contributed by atoms with Crippen molar-refractivity contribution in [3.8, 4) is 0 Å². The average Bonchev–Trinajstić information content (AvgIpc) is 2.42. The molecule has 0 aromatic heterocycles. The normalized spacial score (nSPS) is 22.1. The van der Waals surface area contributed by atoms with E-state index in [4.69, 9.17) is 5.73 Å². The molecule has 4 nitrogen and oxygen atoms in total. The van der Waals surface area contributed by atoms with Gasteiger partial charge in [0.15, 0.2) is 0 Å². The van der Waals surface area contributed by atoms with Gasteiger partial charge in [-0.3, -0.25) is 9.69 Å². The Morgan fingerprint density at radius 3 is 2.68 bits per heavy atom. The molecule has 0 bridgehead atoms. The van der Waals surface area contributed by atoms with Crippen molar-refractivity contribution in [2.24, 2.45) is 5.73 Å². The first-order valence-electron chi connectivity index (χ1n) is 6.97. The van der Waals surface area contributed by atoms with Crippen molar-refractivity contribution in [3.63, 3.8) is 0 Å². The van der Waals surface area contributed by atoms with Crippen LogP contribution in [0.3, 0.4) is 0 Å². The number of rotatable bonds is 4. The van der Waals surface area contributed by atoms with Crippen LogP contribution in [-0.4, -0.2) is 36.5 Å². The largest absolute Gasteiger partial charge is 0.353 e. The Kier molecular flexibility index (Phi) is 4.56. The zero-order valence-corrected chi connectivity index (χ0v) is 11.7. The molecule has 0 radical (unpaired) electrons. The third-order valence-electron chi connectivity index (χ3n) is 3.84. The predicted octanol–water partition coefficient (Wildman–Crippen LogP) is 1.21. The van der Waals surface area contributed by atoms with E-state index < -0.39 is 0 Å². The third-order valence-corrected chi connectivity index (χ3v) is 3.84. The van der Waals surface area contributed by atoms with Gasteiger partial charge in [-0.15, -0.1) is 0 Å². The summed E-state index contributed by atoms with van der Waals surface area (Å²) in [6.45, 7) is 6.22. The Balaban J connectivity index is 2.24. The molecule has 1 saturated heterocycles. The number of nitrogens with two attached hydrogens (primary N) is 1. The van der Waals surface area contributed by atoms with Crippen LogP contribution >= 0.6 is 0 Å². The Hall–Kier alpha value is -1.39. The van der Waals surface area contributed by atoms with Crippen LogP contribution in [0.15, 0.2) is 24.3 Å². The topological polar surface area (TPSA) is 58.4 Å². The van der Waals surface area contributed by atoms with Gasteiger partial charge in [-0.25, -0.2) is 0 Å². The van der Waals surface area contributed by atoms with Gasteiger partial charge >= 0.3 is 0 Å². The fraction of sp³-hybridized carbons (Fsp3) is 0.533. The highest BCUT2D eigenvalue weighted by molar-refractivity contribution is 5.82. The fourth-order valence-corrected chi connectivity index (χ4v) is 2.78. The molecule has 0 saturated carbocycles. The van der Waals surface area contributed by atoms with Gasteiger partial charge in [-0.05, 0) is 18.9 Å². The number of carbonyl (C=O) groups is 1. The van der Waals surface area contributed by atoms with Crippen LogP contribution in [0.2, 0.25) is 0 Å². The number of hydrogen-bond donors (Lipinski definition) is 2. The van der Waals surface area contributed by atoms with Gasteiger partial charge in [0.2, 0.25) is 5.91 Å². The van der Waals surface area contributed by atoms with Gasteiger partial charge in [0, 0.05) is 25.7 Å². The Morgan fingerprint density at radius 1 is 1.42 bits per heavy atom. The van der Waals surface area contributed by atoms with Crippen molar-refractivity contribution in [2.45, 2.75) is 32.4 Å². The number of hydrogen-bond acceptors (Lipinski definition) is 3. The summed E-state index contributed by atoms with van der Waals surface area (Å²) >= 11 is 0. The molecule has 1 aliphatic heterocycles. The molecule has 104 valence electrons. The average molecular weight is 261 g/mol. The summed E-state index contributed by atoms with van der Waals surface area (Å²) in [6, 6.07) is 8.49. The van der Waals surface area contributed by atoms with Crippen molar-refractivity contribution >= 4 is 5.91 Å². The molecule has 0 aliphatic carbocycles. The third kappa shape index (κ3) is 2.96. The molecular formula is C15H23N3O. The molecule has 0 spiro atoms. The van der Waals surface area contributed by atoms with Crippen molar-refractivity contribution < 1.29 is 4.79 Å². The van der Waals surface area contributed by atoms with E-state index in [1.165, 1.54) is 11.1 Å². The lowest BCUT2D eigenvalue weighted by Crippen LogP contribution is -2.56. The summed E-state index contributed by atoms with van der Waals surface area (Å²) in [5.74, 6) is 0.124. The minimum atomic E-state index is -0.0661. The smallest absolute Gasteiger partial charge is 0.237 e. The molecule has 1 heterocycles. The SMILES string of the molecule is CCC1C(=O)NCCN1C(CN)c1ccc(C)cc1. The highest BCUT2D eigenvalue weighted by Gasteiger charge is 2.33. The van der Waals surface area contributed by atoms with Crippen molar-refractivity contribution in [1.82, 2.24) is 10.2 Å². The molecule has 1 fully saturated rings. The highest BCUT2D eigenvalue weighted by Crippen LogP contribution is 2.24. The van der Waals surface area contributed by atoms with E-state index in [1.807, 2.05) is 6.92 Å². The summed E-state index contributed by atoms with van der Waals surface area (Å²) in [5, 5.41) is 2.93. The fourth-order valence-electron chi connectivity index (χ4n) is 2.78. The second-order valence-electron chi connectivity index (χ2n) is 5.12. The van der Waals surface area contributed by atoms with Crippen LogP contribution in [0, 0.1) is 6.92 Å². The number of piperazine rings is 1. The number of benzene rings is 1. The summed E-state index contributed by atoms with van der Waals surface area (Å²) < 4.78 is 0. The second kappa shape index (κ2) is 6.17. The lowest BCUT2D eigenvalue weighted by Gasteiger charge is -2.40. The van der Waals surface area contributed by atoms with Crippen LogP contribution in [0.25, 0.3) is 0 Å². The number of nitrogens with zero attached hydrogens (tertiary/aromatic N) is 1. The quantitative estimate of drug-likeness (QED) is 0.856. The molecule has 3 N–H and O–H groups in total. The lowest BCUT2D eigenvalue weighted by atomic mass is 9.99. The zero-order chi connectivity index (χ0) is 13.8. The first-order chi connectivity index (χ1) is 9.17. The van der Waals surface area contributed by atoms with E-state index in [1.54, 1.807) is 0 Å². The number of carbonyl (C=O) groups excluding carboxylic acids is 1. The van der Waals surface area contributed by atoms with Crippen LogP contribution < -0.4 is 11.1 Å².